The van der Waals surface area contributed by atoms with E-state index in [2.05, 4.69) is 6.92 Å². The minimum Gasteiger partial charge on any atom is -0.379 e. The van der Waals surface area contributed by atoms with Crippen molar-refractivity contribution in [3.05, 3.63) is 0 Å². The third-order valence-corrected chi connectivity index (χ3v) is 3.21. The van der Waals surface area contributed by atoms with Gasteiger partial charge in [-0.3, -0.25) is 4.57 Å². The maximum absolute atomic E-state index is 10.8. The Balaban J connectivity index is 1.97. The molecule has 2 unspecified atom stereocenters. The van der Waals surface area contributed by atoms with Crippen molar-refractivity contribution in [1.29, 1.82) is 0 Å². The normalized spacial score (nSPS) is 29.4. The number of unbranched alkanes of at least 4 members (excludes halogenated alkanes) is 1. The van der Waals surface area contributed by atoms with Crippen LogP contribution in [0, 0.1) is 0 Å². The van der Waals surface area contributed by atoms with Gasteiger partial charge in [0.05, 0.1) is 12.7 Å². The summed E-state index contributed by atoms with van der Waals surface area (Å²) < 4.78 is 21.4. The van der Waals surface area contributed by atoms with Crippen LogP contribution in [0.4, 0.5) is 0 Å². The lowest BCUT2D eigenvalue weighted by molar-refractivity contribution is 0.0605. The fourth-order valence-corrected chi connectivity index (χ4v) is 2.39. The van der Waals surface area contributed by atoms with Gasteiger partial charge in [0.1, 0.15) is 0 Å². The van der Waals surface area contributed by atoms with Crippen LogP contribution in [0.25, 0.3) is 0 Å². The predicted molar refractivity (Wildman–Crippen MR) is 49.1 cm³/mol. The van der Waals surface area contributed by atoms with Crippen molar-refractivity contribution in [1.82, 2.24) is 0 Å². The lowest BCUT2D eigenvalue weighted by Crippen LogP contribution is -2.13. The highest BCUT2D eigenvalue weighted by atomic mass is 31.1. The summed E-state index contributed by atoms with van der Waals surface area (Å²) in [5, 5.41) is 0. The van der Waals surface area contributed by atoms with E-state index in [1.54, 1.807) is 0 Å². The second kappa shape index (κ2) is 5.74. The van der Waals surface area contributed by atoms with E-state index >= 15 is 0 Å². The van der Waals surface area contributed by atoms with Gasteiger partial charge in [-0.1, -0.05) is 13.3 Å². The number of rotatable bonds is 5. The average molecular weight is 192 g/mol. The Kier molecular flexibility index (Phi) is 4.89. The fourth-order valence-electron chi connectivity index (χ4n) is 1.16. The highest BCUT2D eigenvalue weighted by Gasteiger charge is 2.20. The van der Waals surface area contributed by atoms with E-state index in [0.717, 1.165) is 32.0 Å². The molecule has 0 bridgehead atoms. The Morgan fingerprint density at radius 2 is 2.50 bits per heavy atom. The second-order valence-electron chi connectivity index (χ2n) is 3.08. The molecule has 0 aromatic carbocycles. The molecular weight excluding hydrogens is 175 g/mol. The van der Waals surface area contributed by atoms with Crippen LogP contribution in [0.15, 0.2) is 0 Å². The smallest absolute Gasteiger partial charge is 0.192 e. The highest BCUT2D eigenvalue weighted by molar-refractivity contribution is 7.39. The van der Waals surface area contributed by atoms with Crippen LogP contribution in [0.1, 0.15) is 26.2 Å². The summed E-state index contributed by atoms with van der Waals surface area (Å²) in [6, 6.07) is 0. The SMILES string of the molecule is CCCCOCC1CC[PH](=O)O1. The Labute approximate surface area is 74.3 Å². The van der Waals surface area contributed by atoms with Crippen molar-refractivity contribution in [2.45, 2.75) is 32.3 Å². The predicted octanol–water partition coefficient (Wildman–Crippen LogP) is 2.07. The van der Waals surface area contributed by atoms with Crippen LogP contribution in [-0.2, 0) is 13.8 Å². The van der Waals surface area contributed by atoms with Gasteiger partial charge in [0.25, 0.3) is 0 Å². The topological polar surface area (TPSA) is 35.5 Å². The van der Waals surface area contributed by atoms with Gasteiger partial charge in [-0.15, -0.1) is 0 Å². The maximum Gasteiger partial charge on any atom is 0.192 e. The number of hydrogen-bond donors (Lipinski definition) is 0. The Hall–Kier alpha value is 0.150. The van der Waals surface area contributed by atoms with E-state index in [9.17, 15) is 4.57 Å². The molecule has 12 heavy (non-hydrogen) atoms. The van der Waals surface area contributed by atoms with Crippen molar-refractivity contribution in [2.75, 3.05) is 19.4 Å². The summed E-state index contributed by atoms with van der Waals surface area (Å²) in [4.78, 5) is 0. The zero-order valence-electron chi connectivity index (χ0n) is 7.54. The third-order valence-electron chi connectivity index (χ3n) is 1.91. The largest absolute Gasteiger partial charge is 0.379 e. The molecule has 2 atom stereocenters. The van der Waals surface area contributed by atoms with Crippen LogP contribution < -0.4 is 0 Å². The van der Waals surface area contributed by atoms with Gasteiger partial charge in [-0.2, -0.15) is 0 Å². The van der Waals surface area contributed by atoms with Crippen molar-refractivity contribution in [2.24, 2.45) is 0 Å². The van der Waals surface area contributed by atoms with Gasteiger partial charge in [0.2, 0.25) is 0 Å². The zero-order chi connectivity index (χ0) is 8.81. The van der Waals surface area contributed by atoms with Crippen LogP contribution in [-0.4, -0.2) is 25.5 Å². The van der Waals surface area contributed by atoms with Crippen molar-refractivity contribution in [3.8, 4) is 0 Å². The summed E-state index contributed by atoms with van der Waals surface area (Å²) in [7, 11) is -1.68. The van der Waals surface area contributed by atoms with E-state index in [1.807, 2.05) is 0 Å². The zero-order valence-corrected chi connectivity index (χ0v) is 8.54. The quantitative estimate of drug-likeness (QED) is 0.494. The maximum atomic E-state index is 10.8. The minimum atomic E-state index is -1.68. The van der Waals surface area contributed by atoms with E-state index in [4.69, 9.17) is 9.26 Å². The van der Waals surface area contributed by atoms with Crippen molar-refractivity contribution >= 4 is 8.03 Å². The van der Waals surface area contributed by atoms with E-state index < -0.39 is 8.03 Å². The van der Waals surface area contributed by atoms with Crippen molar-refractivity contribution < 1.29 is 13.8 Å². The molecule has 4 heteroatoms. The third kappa shape index (κ3) is 3.70. The monoisotopic (exact) mass is 192 g/mol. The van der Waals surface area contributed by atoms with Gasteiger partial charge in [-0.05, 0) is 12.8 Å². The molecule has 1 fully saturated rings. The lowest BCUT2D eigenvalue weighted by Gasteiger charge is -2.08. The fraction of sp³-hybridized carbons (Fsp3) is 1.00. The summed E-state index contributed by atoms with van der Waals surface area (Å²) in [5.74, 6) is 0. The first-order valence-electron chi connectivity index (χ1n) is 4.60. The molecule has 0 spiro atoms. The summed E-state index contributed by atoms with van der Waals surface area (Å²) in [6.45, 7) is 3.56. The van der Waals surface area contributed by atoms with Crippen LogP contribution in [0.3, 0.4) is 0 Å². The lowest BCUT2D eigenvalue weighted by atomic mass is 10.3. The summed E-state index contributed by atoms with van der Waals surface area (Å²) in [5.41, 5.74) is 0. The van der Waals surface area contributed by atoms with E-state index in [-0.39, 0.29) is 6.10 Å². The van der Waals surface area contributed by atoms with Gasteiger partial charge in [0, 0.05) is 12.8 Å². The molecule has 0 radical (unpaired) electrons. The highest BCUT2D eigenvalue weighted by Crippen LogP contribution is 2.34. The van der Waals surface area contributed by atoms with Gasteiger partial charge >= 0.3 is 0 Å². The molecule has 1 saturated heterocycles. The molecule has 1 aliphatic heterocycles. The number of hydrogen-bond acceptors (Lipinski definition) is 3. The molecule has 0 aromatic rings. The number of ether oxygens (including phenoxy) is 1. The molecule has 3 nitrogen and oxygen atoms in total. The van der Waals surface area contributed by atoms with E-state index in [1.165, 1.54) is 0 Å². The standard InChI is InChI=1S/C8H17O3P/c1-2-3-5-10-7-8-4-6-12(9)11-8/h8,12H,2-7H2,1H3. The summed E-state index contributed by atoms with van der Waals surface area (Å²) >= 11 is 0. The Bertz CT molecular complexity index is 149. The molecule has 1 rings (SSSR count). The first kappa shape index (κ1) is 10.2. The molecule has 0 amide bonds. The average Bonchev–Trinajstić information content (AvgIpc) is 2.45. The molecule has 1 aliphatic rings. The van der Waals surface area contributed by atoms with Crippen molar-refractivity contribution in [3.63, 3.8) is 0 Å². The molecule has 0 saturated carbocycles. The summed E-state index contributed by atoms with van der Waals surface area (Å²) in [6.07, 6.45) is 4.01. The van der Waals surface area contributed by atoms with Crippen LogP contribution in [0.2, 0.25) is 0 Å². The van der Waals surface area contributed by atoms with Gasteiger partial charge < -0.3 is 9.26 Å². The molecule has 72 valence electrons. The molecule has 0 aliphatic carbocycles. The van der Waals surface area contributed by atoms with Gasteiger partial charge in [0.15, 0.2) is 8.03 Å². The first-order valence-corrected chi connectivity index (χ1v) is 6.12. The Morgan fingerprint density at radius 1 is 1.67 bits per heavy atom. The van der Waals surface area contributed by atoms with Crippen LogP contribution >= 0.6 is 8.03 Å². The first-order chi connectivity index (χ1) is 5.83. The van der Waals surface area contributed by atoms with E-state index in [0.29, 0.717) is 6.61 Å². The molecule has 0 N–H and O–H groups in total. The molecular formula is C8H17O3P. The molecule has 1 heterocycles. The minimum absolute atomic E-state index is 0.105. The van der Waals surface area contributed by atoms with Crippen LogP contribution in [0.5, 0.6) is 0 Å². The Morgan fingerprint density at radius 3 is 3.08 bits per heavy atom. The van der Waals surface area contributed by atoms with Gasteiger partial charge in [-0.25, -0.2) is 0 Å². The molecule has 0 aromatic heterocycles. The second-order valence-corrected chi connectivity index (χ2v) is 4.56.